The summed E-state index contributed by atoms with van der Waals surface area (Å²) >= 11 is 1.63. The van der Waals surface area contributed by atoms with Gasteiger partial charge in [-0.15, -0.1) is 11.3 Å². The smallest absolute Gasteiger partial charge is 0.255 e. The second kappa shape index (κ2) is 5.31. The van der Waals surface area contributed by atoms with Gasteiger partial charge in [0.05, 0.1) is 0 Å². The summed E-state index contributed by atoms with van der Waals surface area (Å²) < 4.78 is 0. The minimum absolute atomic E-state index is 0.132. The second-order valence-corrected chi connectivity index (χ2v) is 6.66. The zero-order valence-electron chi connectivity index (χ0n) is 12.2. The lowest BCUT2D eigenvalue weighted by molar-refractivity contribution is -0.136. The van der Waals surface area contributed by atoms with Crippen LogP contribution >= 0.6 is 11.3 Å². The maximum atomic E-state index is 12.7. The third-order valence-corrected chi connectivity index (χ3v) is 5.27. The Labute approximate surface area is 136 Å². The molecule has 116 valence electrons. The fraction of sp³-hybridized carbons (Fsp3) is 0.235. The number of hydrogen-bond donors (Lipinski definition) is 1. The molecule has 1 atom stereocenters. The predicted molar refractivity (Wildman–Crippen MR) is 85.8 cm³/mol. The number of thiophene rings is 1. The predicted octanol–water partition coefficient (Wildman–Crippen LogP) is 2.18. The summed E-state index contributed by atoms with van der Waals surface area (Å²) in [5, 5.41) is 4.33. The van der Waals surface area contributed by atoms with Crippen molar-refractivity contribution in [1.82, 2.24) is 10.2 Å². The van der Waals surface area contributed by atoms with Crippen molar-refractivity contribution in [1.29, 1.82) is 0 Å². The van der Waals surface area contributed by atoms with Crippen LogP contribution in [0.1, 0.15) is 28.8 Å². The number of rotatable bonds is 2. The fourth-order valence-electron chi connectivity index (χ4n) is 3.25. The van der Waals surface area contributed by atoms with Crippen molar-refractivity contribution in [3.05, 3.63) is 46.8 Å². The Bertz CT molecular complexity index is 813. The highest BCUT2D eigenvalue weighted by molar-refractivity contribution is 7.13. The van der Waals surface area contributed by atoms with E-state index in [2.05, 4.69) is 5.32 Å². The van der Waals surface area contributed by atoms with E-state index in [1.54, 1.807) is 22.3 Å². The molecule has 0 bridgehead atoms. The Balaban J connectivity index is 1.70. The van der Waals surface area contributed by atoms with Crippen molar-refractivity contribution in [2.24, 2.45) is 0 Å². The first-order valence-electron chi connectivity index (χ1n) is 7.45. The van der Waals surface area contributed by atoms with Gasteiger partial charge in [-0.2, -0.15) is 0 Å². The van der Waals surface area contributed by atoms with E-state index in [0.29, 0.717) is 18.5 Å². The molecule has 1 aromatic carbocycles. The van der Waals surface area contributed by atoms with Crippen LogP contribution in [0.2, 0.25) is 0 Å². The van der Waals surface area contributed by atoms with Gasteiger partial charge in [0.2, 0.25) is 11.8 Å². The second-order valence-electron chi connectivity index (χ2n) is 5.71. The lowest BCUT2D eigenvalue weighted by atomic mass is 10.0. The van der Waals surface area contributed by atoms with E-state index in [9.17, 15) is 14.4 Å². The standard InChI is InChI=1S/C17H14N2O3S/c20-15-7-6-13(16(21)18-15)19-9-12-10(14-5-2-8-23-14)3-1-4-11(12)17(19)22/h1-5,8,13H,6-7,9H2,(H,18,20,21). The molecule has 0 saturated carbocycles. The van der Waals surface area contributed by atoms with E-state index in [4.69, 9.17) is 0 Å². The van der Waals surface area contributed by atoms with Crippen molar-refractivity contribution in [3.8, 4) is 10.4 Å². The number of benzene rings is 1. The molecule has 3 heterocycles. The molecule has 1 N–H and O–H groups in total. The summed E-state index contributed by atoms with van der Waals surface area (Å²) in [7, 11) is 0. The first-order chi connectivity index (χ1) is 11.1. The minimum Gasteiger partial charge on any atom is -0.322 e. The molecular weight excluding hydrogens is 312 g/mol. The molecule has 2 aliphatic heterocycles. The van der Waals surface area contributed by atoms with Crippen LogP contribution in [0, 0.1) is 0 Å². The van der Waals surface area contributed by atoms with Gasteiger partial charge in [0.15, 0.2) is 0 Å². The number of piperidine rings is 1. The number of fused-ring (bicyclic) bond motifs is 1. The largest absolute Gasteiger partial charge is 0.322 e. The lowest BCUT2D eigenvalue weighted by Crippen LogP contribution is -2.52. The Kier molecular flexibility index (Phi) is 3.27. The molecule has 1 aromatic heterocycles. The van der Waals surface area contributed by atoms with Crippen LogP contribution in [0.15, 0.2) is 35.7 Å². The average molecular weight is 326 g/mol. The highest BCUT2D eigenvalue weighted by Crippen LogP contribution is 2.36. The SMILES string of the molecule is O=C1CCC(N2Cc3c(cccc3-c3cccs3)C2=O)C(=O)N1. The van der Waals surface area contributed by atoms with Gasteiger partial charge in [0.25, 0.3) is 5.91 Å². The van der Waals surface area contributed by atoms with Crippen molar-refractivity contribution in [2.75, 3.05) is 0 Å². The number of imide groups is 1. The van der Waals surface area contributed by atoms with Crippen molar-refractivity contribution in [2.45, 2.75) is 25.4 Å². The molecular formula is C17H14N2O3S. The number of nitrogens with one attached hydrogen (secondary N) is 1. The van der Waals surface area contributed by atoms with Crippen molar-refractivity contribution >= 4 is 29.1 Å². The topological polar surface area (TPSA) is 66.5 Å². The molecule has 0 spiro atoms. The molecule has 1 fully saturated rings. The summed E-state index contributed by atoms with van der Waals surface area (Å²) in [5.74, 6) is -0.775. The van der Waals surface area contributed by atoms with Gasteiger partial charge >= 0.3 is 0 Å². The number of amides is 3. The van der Waals surface area contributed by atoms with Crippen LogP contribution in [0.4, 0.5) is 0 Å². The fourth-order valence-corrected chi connectivity index (χ4v) is 4.03. The quantitative estimate of drug-likeness (QED) is 0.860. The summed E-state index contributed by atoms with van der Waals surface area (Å²) in [6.07, 6.45) is 0.660. The number of carbonyl (C=O) groups excluding carboxylic acids is 3. The molecule has 3 amide bonds. The molecule has 1 unspecified atom stereocenters. The van der Waals surface area contributed by atoms with E-state index < -0.39 is 6.04 Å². The monoisotopic (exact) mass is 326 g/mol. The number of nitrogens with zero attached hydrogens (tertiary/aromatic N) is 1. The molecule has 0 radical (unpaired) electrons. The van der Waals surface area contributed by atoms with Gasteiger partial charge < -0.3 is 4.90 Å². The summed E-state index contributed by atoms with van der Waals surface area (Å²) in [4.78, 5) is 38.8. The molecule has 6 heteroatoms. The number of carbonyl (C=O) groups is 3. The molecule has 2 aromatic rings. The molecule has 23 heavy (non-hydrogen) atoms. The van der Waals surface area contributed by atoms with Gasteiger partial charge in [-0.05, 0) is 35.1 Å². The van der Waals surface area contributed by atoms with E-state index in [0.717, 1.165) is 16.0 Å². The highest BCUT2D eigenvalue weighted by Gasteiger charge is 2.39. The molecule has 1 saturated heterocycles. The zero-order chi connectivity index (χ0) is 16.0. The third kappa shape index (κ3) is 2.26. The molecule has 5 nitrogen and oxygen atoms in total. The molecule has 2 aliphatic rings. The zero-order valence-corrected chi connectivity index (χ0v) is 13.1. The lowest BCUT2D eigenvalue weighted by Gasteiger charge is -2.29. The summed E-state index contributed by atoms with van der Waals surface area (Å²) in [6.45, 7) is 0.411. The first kappa shape index (κ1) is 14.1. The Morgan fingerprint density at radius 2 is 1.91 bits per heavy atom. The summed E-state index contributed by atoms with van der Waals surface area (Å²) in [5.41, 5.74) is 2.66. The van der Waals surface area contributed by atoms with Crippen LogP contribution < -0.4 is 5.32 Å². The van der Waals surface area contributed by atoms with Crippen molar-refractivity contribution in [3.63, 3.8) is 0 Å². The first-order valence-corrected chi connectivity index (χ1v) is 8.33. The van der Waals surface area contributed by atoms with E-state index in [-0.39, 0.29) is 24.1 Å². The maximum absolute atomic E-state index is 12.7. The van der Waals surface area contributed by atoms with Crippen LogP contribution in [0.5, 0.6) is 0 Å². The van der Waals surface area contributed by atoms with Gasteiger partial charge in [0, 0.05) is 23.4 Å². The van der Waals surface area contributed by atoms with Crippen LogP contribution in [-0.2, 0) is 16.1 Å². The third-order valence-electron chi connectivity index (χ3n) is 4.37. The van der Waals surface area contributed by atoms with Crippen LogP contribution in [0.3, 0.4) is 0 Å². The molecule has 0 aliphatic carbocycles. The van der Waals surface area contributed by atoms with Gasteiger partial charge in [0.1, 0.15) is 6.04 Å². The average Bonchev–Trinajstić information content (AvgIpc) is 3.16. The molecule has 4 rings (SSSR count). The normalized spacial score (nSPS) is 20.6. The number of hydrogen-bond acceptors (Lipinski definition) is 4. The van der Waals surface area contributed by atoms with Crippen LogP contribution in [0.25, 0.3) is 10.4 Å². The van der Waals surface area contributed by atoms with Gasteiger partial charge in [-0.3, -0.25) is 19.7 Å². The van der Waals surface area contributed by atoms with E-state index in [1.165, 1.54) is 0 Å². The van der Waals surface area contributed by atoms with Gasteiger partial charge in [-0.25, -0.2) is 0 Å². The minimum atomic E-state index is -0.566. The van der Waals surface area contributed by atoms with E-state index >= 15 is 0 Å². The van der Waals surface area contributed by atoms with Crippen LogP contribution in [-0.4, -0.2) is 28.7 Å². The Hall–Kier alpha value is -2.47. The van der Waals surface area contributed by atoms with E-state index in [1.807, 2.05) is 29.6 Å². The highest BCUT2D eigenvalue weighted by atomic mass is 32.1. The Morgan fingerprint density at radius 1 is 1.09 bits per heavy atom. The summed E-state index contributed by atoms with van der Waals surface area (Å²) in [6, 6.07) is 9.13. The Morgan fingerprint density at radius 3 is 2.65 bits per heavy atom. The van der Waals surface area contributed by atoms with Gasteiger partial charge in [-0.1, -0.05) is 18.2 Å². The van der Waals surface area contributed by atoms with Crippen molar-refractivity contribution < 1.29 is 14.4 Å². The maximum Gasteiger partial charge on any atom is 0.255 e.